The summed E-state index contributed by atoms with van der Waals surface area (Å²) in [6.45, 7) is 1.89. The van der Waals surface area contributed by atoms with E-state index in [-0.39, 0.29) is 5.97 Å². The van der Waals surface area contributed by atoms with E-state index in [9.17, 15) is 9.90 Å². The van der Waals surface area contributed by atoms with Gasteiger partial charge in [0.1, 0.15) is 0 Å². The number of aliphatic hydroxyl groups is 1. The van der Waals surface area contributed by atoms with Gasteiger partial charge in [0.2, 0.25) is 0 Å². The van der Waals surface area contributed by atoms with Gasteiger partial charge in [-0.3, -0.25) is 0 Å². The van der Waals surface area contributed by atoms with Crippen molar-refractivity contribution in [1.82, 2.24) is 0 Å². The minimum atomic E-state index is -0.469. The van der Waals surface area contributed by atoms with Crippen LogP contribution in [0.25, 0.3) is 0 Å². The zero-order valence-corrected chi connectivity index (χ0v) is 8.43. The van der Waals surface area contributed by atoms with Gasteiger partial charge >= 0.3 is 5.97 Å². The van der Waals surface area contributed by atoms with E-state index in [0.29, 0.717) is 12.0 Å². The van der Waals surface area contributed by atoms with Gasteiger partial charge in [0, 0.05) is 10.3 Å². The van der Waals surface area contributed by atoms with Crippen LogP contribution in [-0.4, -0.2) is 18.2 Å². The topological polar surface area (TPSA) is 46.5 Å². The molecule has 0 aliphatic carbocycles. The van der Waals surface area contributed by atoms with Gasteiger partial charge in [-0.1, -0.05) is 6.92 Å². The zero-order valence-electron chi connectivity index (χ0n) is 7.61. The summed E-state index contributed by atoms with van der Waals surface area (Å²) in [7, 11) is 1.34. The van der Waals surface area contributed by atoms with Gasteiger partial charge in [-0.15, -0.1) is 11.3 Å². The smallest absolute Gasteiger partial charge is 0.338 e. The van der Waals surface area contributed by atoms with E-state index < -0.39 is 6.10 Å². The fraction of sp³-hybridized carbons (Fsp3) is 0.444. The summed E-state index contributed by atoms with van der Waals surface area (Å²) in [4.78, 5) is 11.8. The van der Waals surface area contributed by atoms with Gasteiger partial charge in [-0.05, 0) is 12.5 Å². The van der Waals surface area contributed by atoms with Crippen LogP contribution in [0.2, 0.25) is 0 Å². The highest BCUT2D eigenvalue weighted by Crippen LogP contribution is 2.24. The molecule has 0 spiro atoms. The van der Waals surface area contributed by atoms with Crippen LogP contribution in [0.4, 0.5) is 0 Å². The summed E-state index contributed by atoms with van der Waals surface area (Å²) in [5.41, 5.74) is 0.509. The normalized spacial score (nSPS) is 12.5. The maximum Gasteiger partial charge on any atom is 0.338 e. The first kappa shape index (κ1) is 10.2. The maximum atomic E-state index is 11.0. The number of hydrogen-bond acceptors (Lipinski definition) is 4. The summed E-state index contributed by atoms with van der Waals surface area (Å²) in [6, 6.07) is 1.67. The fourth-order valence-electron chi connectivity index (χ4n) is 0.954. The van der Waals surface area contributed by atoms with E-state index in [4.69, 9.17) is 0 Å². The standard InChI is InChI=1S/C9H12O3S/c1-3-7(10)8-4-6(5-13-8)9(11)12-2/h4-5,7,10H,3H2,1-2H3/t7-/m0/s1. The van der Waals surface area contributed by atoms with Crippen LogP contribution in [0.1, 0.15) is 34.7 Å². The zero-order chi connectivity index (χ0) is 9.84. The molecule has 0 radical (unpaired) electrons. The summed E-state index contributed by atoms with van der Waals surface area (Å²) in [5, 5.41) is 11.1. The number of rotatable bonds is 3. The van der Waals surface area contributed by atoms with Crippen molar-refractivity contribution < 1.29 is 14.6 Å². The Bertz CT molecular complexity index is 293. The lowest BCUT2D eigenvalue weighted by Crippen LogP contribution is -1.99. The molecule has 1 atom stereocenters. The van der Waals surface area contributed by atoms with Gasteiger partial charge in [-0.2, -0.15) is 0 Å². The molecule has 0 unspecified atom stereocenters. The number of ether oxygens (including phenoxy) is 1. The number of carbonyl (C=O) groups excluding carboxylic acids is 1. The SMILES string of the molecule is CC[C@H](O)c1cc(C(=O)OC)cs1. The summed E-state index contributed by atoms with van der Waals surface area (Å²) in [5.74, 6) is -0.356. The second kappa shape index (κ2) is 4.39. The fourth-order valence-corrected chi connectivity index (χ4v) is 1.90. The minimum absolute atomic E-state index is 0.356. The number of carbonyl (C=O) groups is 1. The van der Waals surface area contributed by atoms with Crippen molar-refractivity contribution in [2.75, 3.05) is 7.11 Å². The van der Waals surface area contributed by atoms with Gasteiger partial charge in [0.25, 0.3) is 0 Å². The Labute approximate surface area is 81.0 Å². The Kier molecular flexibility index (Phi) is 3.45. The Morgan fingerprint density at radius 2 is 2.46 bits per heavy atom. The van der Waals surface area contributed by atoms with Crippen LogP contribution < -0.4 is 0 Å². The first-order valence-electron chi connectivity index (χ1n) is 4.03. The molecule has 1 N–H and O–H groups in total. The first-order valence-corrected chi connectivity index (χ1v) is 4.91. The lowest BCUT2D eigenvalue weighted by Gasteiger charge is -2.02. The number of thiophene rings is 1. The van der Waals surface area contributed by atoms with Gasteiger partial charge < -0.3 is 9.84 Å². The van der Waals surface area contributed by atoms with E-state index in [2.05, 4.69) is 4.74 Å². The largest absolute Gasteiger partial charge is 0.465 e. The van der Waals surface area contributed by atoms with E-state index in [1.165, 1.54) is 18.4 Å². The number of aliphatic hydroxyl groups excluding tert-OH is 1. The molecule has 1 aromatic rings. The van der Waals surface area contributed by atoms with Crippen LogP contribution in [0, 0.1) is 0 Å². The third-order valence-electron chi connectivity index (χ3n) is 1.76. The summed E-state index contributed by atoms with van der Waals surface area (Å²) >= 11 is 1.38. The first-order chi connectivity index (χ1) is 6.19. The van der Waals surface area contributed by atoms with E-state index in [0.717, 1.165) is 4.88 Å². The van der Waals surface area contributed by atoms with Crippen molar-refractivity contribution in [3.05, 3.63) is 21.9 Å². The van der Waals surface area contributed by atoms with Crippen molar-refractivity contribution in [2.45, 2.75) is 19.4 Å². The molecule has 1 rings (SSSR count). The van der Waals surface area contributed by atoms with Crippen LogP contribution in [0.15, 0.2) is 11.4 Å². The molecule has 0 aliphatic rings. The van der Waals surface area contributed by atoms with Crippen molar-refractivity contribution in [1.29, 1.82) is 0 Å². The van der Waals surface area contributed by atoms with Crippen LogP contribution >= 0.6 is 11.3 Å². The molecule has 0 saturated heterocycles. The minimum Gasteiger partial charge on any atom is -0.465 e. The molecule has 0 saturated carbocycles. The Morgan fingerprint density at radius 3 is 3.00 bits per heavy atom. The highest BCUT2D eigenvalue weighted by molar-refractivity contribution is 7.10. The van der Waals surface area contributed by atoms with Crippen molar-refractivity contribution in [3.63, 3.8) is 0 Å². The van der Waals surface area contributed by atoms with Crippen LogP contribution in [0.3, 0.4) is 0 Å². The number of esters is 1. The van der Waals surface area contributed by atoms with Crippen molar-refractivity contribution in [3.8, 4) is 0 Å². The van der Waals surface area contributed by atoms with Crippen LogP contribution in [-0.2, 0) is 4.74 Å². The molecule has 3 nitrogen and oxygen atoms in total. The number of methoxy groups -OCH3 is 1. The molecule has 4 heteroatoms. The monoisotopic (exact) mass is 200 g/mol. The highest BCUT2D eigenvalue weighted by atomic mass is 32.1. The van der Waals surface area contributed by atoms with E-state index in [1.54, 1.807) is 11.4 Å². The molecule has 0 aromatic carbocycles. The molecule has 0 amide bonds. The molecule has 1 heterocycles. The Balaban J connectivity index is 2.80. The highest BCUT2D eigenvalue weighted by Gasteiger charge is 2.12. The molecule has 1 aromatic heterocycles. The third-order valence-corrected chi connectivity index (χ3v) is 2.79. The van der Waals surface area contributed by atoms with Gasteiger partial charge in [0.15, 0.2) is 0 Å². The summed E-state index contributed by atoms with van der Waals surface area (Å²) in [6.07, 6.45) is 0.185. The molecule has 0 aliphatic heterocycles. The Hall–Kier alpha value is -0.870. The van der Waals surface area contributed by atoms with Crippen molar-refractivity contribution >= 4 is 17.3 Å². The second-order valence-corrected chi connectivity index (χ2v) is 3.60. The lowest BCUT2D eigenvalue weighted by molar-refractivity contribution is 0.0601. The predicted molar refractivity (Wildman–Crippen MR) is 50.9 cm³/mol. The predicted octanol–water partition coefficient (Wildman–Crippen LogP) is 1.98. The van der Waals surface area contributed by atoms with Gasteiger partial charge in [0.05, 0.1) is 18.8 Å². The molecular formula is C9H12O3S. The maximum absolute atomic E-state index is 11.0. The molecule has 0 fully saturated rings. The second-order valence-electron chi connectivity index (χ2n) is 2.65. The van der Waals surface area contributed by atoms with Crippen LogP contribution in [0.5, 0.6) is 0 Å². The molecule has 72 valence electrons. The number of hydrogen-bond donors (Lipinski definition) is 1. The lowest BCUT2D eigenvalue weighted by atomic mass is 10.2. The third kappa shape index (κ3) is 2.29. The molecular weight excluding hydrogens is 188 g/mol. The quantitative estimate of drug-likeness (QED) is 0.759. The van der Waals surface area contributed by atoms with Crippen molar-refractivity contribution in [2.24, 2.45) is 0 Å². The average Bonchev–Trinajstić information content (AvgIpc) is 2.64. The van der Waals surface area contributed by atoms with E-state index >= 15 is 0 Å². The Morgan fingerprint density at radius 1 is 1.77 bits per heavy atom. The summed E-state index contributed by atoms with van der Waals surface area (Å²) < 4.78 is 4.55. The molecule has 13 heavy (non-hydrogen) atoms. The average molecular weight is 200 g/mol. The van der Waals surface area contributed by atoms with Gasteiger partial charge in [-0.25, -0.2) is 4.79 Å². The van der Waals surface area contributed by atoms with E-state index in [1.807, 2.05) is 6.92 Å². The molecule has 0 bridgehead atoms.